The number of carbonyl (C=O) groups excluding carboxylic acids is 1. The molecular weight excluding hydrogens is 380 g/mol. The molecule has 0 saturated carbocycles. The van der Waals surface area contributed by atoms with Crippen molar-refractivity contribution in [1.29, 1.82) is 0 Å². The van der Waals surface area contributed by atoms with Gasteiger partial charge in [-0.15, -0.1) is 0 Å². The predicted octanol–water partition coefficient (Wildman–Crippen LogP) is 2.20. The molecule has 154 valence electrons. The van der Waals surface area contributed by atoms with Gasteiger partial charge in [0.2, 0.25) is 5.91 Å². The van der Waals surface area contributed by atoms with E-state index in [4.69, 9.17) is 10.7 Å². The number of para-hydroxylation sites is 1. The van der Waals surface area contributed by atoms with Crippen molar-refractivity contribution in [3.8, 4) is 11.3 Å². The van der Waals surface area contributed by atoms with Gasteiger partial charge in [0.25, 0.3) is 0 Å². The molecule has 0 unspecified atom stereocenters. The van der Waals surface area contributed by atoms with Crippen molar-refractivity contribution in [3.63, 3.8) is 0 Å². The molecule has 2 heterocycles. The molecule has 7 heteroatoms. The zero-order valence-electron chi connectivity index (χ0n) is 16.6. The molecule has 0 spiro atoms. The zero-order valence-corrected chi connectivity index (χ0v) is 16.6. The number of pyridine rings is 1. The number of hydrogen-bond donors (Lipinski definition) is 2. The van der Waals surface area contributed by atoms with E-state index in [2.05, 4.69) is 4.90 Å². The highest BCUT2D eigenvalue weighted by Crippen LogP contribution is 2.31. The third kappa shape index (κ3) is 4.17. The van der Waals surface area contributed by atoms with E-state index in [9.17, 15) is 14.7 Å². The van der Waals surface area contributed by atoms with Crippen molar-refractivity contribution in [1.82, 2.24) is 14.8 Å². The molecule has 0 atom stereocenters. The van der Waals surface area contributed by atoms with Crippen molar-refractivity contribution in [2.45, 2.75) is 6.54 Å². The number of primary amides is 1. The Bertz CT molecular complexity index is 1080. The summed E-state index contributed by atoms with van der Waals surface area (Å²) in [5.74, 6) is -1.28. The Morgan fingerprint density at radius 1 is 0.933 bits per heavy atom. The van der Waals surface area contributed by atoms with Gasteiger partial charge >= 0.3 is 5.97 Å². The van der Waals surface area contributed by atoms with Gasteiger partial charge in [0.1, 0.15) is 0 Å². The summed E-state index contributed by atoms with van der Waals surface area (Å²) < 4.78 is 0. The third-order valence-corrected chi connectivity index (χ3v) is 5.48. The number of nitrogens with two attached hydrogens (primary N) is 1. The van der Waals surface area contributed by atoms with Crippen molar-refractivity contribution in [2.75, 3.05) is 32.7 Å². The van der Waals surface area contributed by atoms with Gasteiger partial charge in [-0.1, -0.05) is 48.5 Å². The van der Waals surface area contributed by atoms with E-state index in [0.29, 0.717) is 41.8 Å². The van der Waals surface area contributed by atoms with Gasteiger partial charge in [-0.05, 0) is 6.07 Å². The molecule has 1 aliphatic rings. The Kier molecular flexibility index (Phi) is 5.74. The van der Waals surface area contributed by atoms with E-state index in [1.54, 1.807) is 0 Å². The van der Waals surface area contributed by atoms with Gasteiger partial charge in [-0.25, -0.2) is 9.78 Å². The first kappa shape index (κ1) is 20.0. The van der Waals surface area contributed by atoms with Crippen molar-refractivity contribution in [3.05, 3.63) is 65.7 Å². The van der Waals surface area contributed by atoms with Crippen LogP contribution in [-0.4, -0.2) is 64.5 Å². The van der Waals surface area contributed by atoms with Gasteiger partial charge in [0, 0.05) is 49.2 Å². The zero-order chi connectivity index (χ0) is 21.1. The molecule has 1 aromatic heterocycles. The minimum absolute atomic E-state index is 0.251. The van der Waals surface area contributed by atoms with Crippen LogP contribution in [0.25, 0.3) is 22.2 Å². The smallest absolute Gasteiger partial charge is 0.336 e. The van der Waals surface area contributed by atoms with Crippen LogP contribution in [0.1, 0.15) is 15.9 Å². The van der Waals surface area contributed by atoms with Crippen molar-refractivity contribution < 1.29 is 14.7 Å². The molecule has 0 bridgehead atoms. The number of nitrogens with zero attached hydrogens (tertiary/aromatic N) is 3. The van der Waals surface area contributed by atoms with Gasteiger partial charge in [-0.3, -0.25) is 14.6 Å². The maximum absolute atomic E-state index is 12.3. The molecule has 1 fully saturated rings. The lowest BCUT2D eigenvalue weighted by Gasteiger charge is -2.34. The molecule has 1 aliphatic heterocycles. The first-order valence-corrected chi connectivity index (χ1v) is 9.96. The largest absolute Gasteiger partial charge is 0.478 e. The number of hydrogen-bond acceptors (Lipinski definition) is 5. The summed E-state index contributed by atoms with van der Waals surface area (Å²) in [6.07, 6.45) is 0. The lowest BCUT2D eigenvalue weighted by molar-refractivity contribution is -0.119. The van der Waals surface area contributed by atoms with Crippen LogP contribution in [0, 0.1) is 0 Å². The Hall–Kier alpha value is -3.29. The van der Waals surface area contributed by atoms with Crippen LogP contribution in [0.5, 0.6) is 0 Å². The first-order chi connectivity index (χ1) is 14.5. The average molecular weight is 404 g/mol. The van der Waals surface area contributed by atoms with E-state index in [1.165, 1.54) is 0 Å². The molecule has 30 heavy (non-hydrogen) atoms. The summed E-state index contributed by atoms with van der Waals surface area (Å²) >= 11 is 0. The van der Waals surface area contributed by atoms with E-state index in [1.807, 2.05) is 59.5 Å². The topological polar surface area (TPSA) is 99.8 Å². The normalized spacial score (nSPS) is 15.3. The van der Waals surface area contributed by atoms with Crippen LogP contribution < -0.4 is 5.73 Å². The molecule has 0 aliphatic carbocycles. The number of aromatic nitrogens is 1. The Morgan fingerprint density at radius 2 is 1.57 bits per heavy atom. The van der Waals surface area contributed by atoms with E-state index >= 15 is 0 Å². The molecule has 1 saturated heterocycles. The summed E-state index contributed by atoms with van der Waals surface area (Å²) in [7, 11) is 0. The quantitative estimate of drug-likeness (QED) is 0.653. The highest BCUT2D eigenvalue weighted by atomic mass is 16.4. The molecule has 1 amide bonds. The monoisotopic (exact) mass is 404 g/mol. The Balaban J connectivity index is 1.75. The lowest BCUT2D eigenvalue weighted by atomic mass is 9.96. The first-order valence-electron chi connectivity index (χ1n) is 9.96. The van der Waals surface area contributed by atoms with Crippen LogP contribution in [0.3, 0.4) is 0 Å². The van der Waals surface area contributed by atoms with Gasteiger partial charge in [-0.2, -0.15) is 0 Å². The molecule has 4 rings (SSSR count). The second-order valence-electron chi connectivity index (χ2n) is 7.52. The number of rotatable bonds is 6. The standard InChI is InChI=1S/C23H24N4O3/c24-20(28)15-27-12-10-26(11-13-27)14-18-21(23(29)30)17-8-4-5-9-19(17)25-22(18)16-6-2-1-3-7-16/h1-9H,10-15H2,(H2,24,28)(H,29,30). The molecule has 7 nitrogen and oxygen atoms in total. The second-order valence-corrected chi connectivity index (χ2v) is 7.52. The average Bonchev–Trinajstić information content (AvgIpc) is 2.74. The minimum Gasteiger partial charge on any atom is -0.478 e. The number of carbonyl (C=O) groups is 2. The van der Waals surface area contributed by atoms with Gasteiger partial charge < -0.3 is 10.8 Å². The lowest BCUT2D eigenvalue weighted by Crippen LogP contribution is -2.48. The number of piperazine rings is 1. The second kappa shape index (κ2) is 8.61. The van der Waals surface area contributed by atoms with Gasteiger partial charge in [0.15, 0.2) is 0 Å². The number of amides is 1. The number of benzene rings is 2. The number of aromatic carboxylic acids is 1. The minimum atomic E-state index is -0.951. The van der Waals surface area contributed by atoms with Crippen LogP contribution in [0.15, 0.2) is 54.6 Å². The maximum atomic E-state index is 12.3. The maximum Gasteiger partial charge on any atom is 0.336 e. The molecule has 2 aromatic carbocycles. The van der Waals surface area contributed by atoms with Crippen LogP contribution >= 0.6 is 0 Å². The summed E-state index contributed by atoms with van der Waals surface area (Å²) in [5, 5.41) is 10.7. The summed E-state index contributed by atoms with van der Waals surface area (Å²) in [5.41, 5.74) is 8.59. The van der Waals surface area contributed by atoms with Crippen LogP contribution in [0.2, 0.25) is 0 Å². The Labute approximate surface area is 174 Å². The van der Waals surface area contributed by atoms with Crippen LogP contribution in [-0.2, 0) is 11.3 Å². The molecule has 0 radical (unpaired) electrons. The van der Waals surface area contributed by atoms with Crippen molar-refractivity contribution in [2.24, 2.45) is 5.73 Å². The SMILES string of the molecule is NC(=O)CN1CCN(Cc2c(-c3ccccc3)nc3ccccc3c2C(=O)O)CC1. The molecule has 3 aromatic rings. The fraction of sp³-hybridized carbons (Fsp3) is 0.261. The predicted molar refractivity (Wildman–Crippen MR) is 115 cm³/mol. The van der Waals surface area contributed by atoms with Crippen molar-refractivity contribution >= 4 is 22.8 Å². The fourth-order valence-corrected chi connectivity index (χ4v) is 4.03. The van der Waals surface area contributed by atoms with Crippen LogP contribution in [0.4, 0.5) is 0 Å². The van der Waals surface area contributed by atoms with E-state index in [0.717, 1.165) is 24.2 Å². The highest BCUT2D eigenvalue weighted by Gasteiger charge is 2.25. The third-order valence-electron chi connectivity index (χ3n) is 5.48. The summed E-state index contributed by atoms with van der Waals surface area (Å²) in [4.78, 5) is 32.6. The molecule has 3 N–H and O–H groups in total. The van der Waals surface area contributed by atoms with E-state index in [-0.39, 0.29) is 12.5 Å². The van der Waals surface area contributed by atoms with Gasteiger partial charge in [0.05, 0.1) is 23.3 Å². The summed E-state index contributed by atoms with van der Waals surface area (Å²) in [6.45, 7) is 3.62. The summed E-state index contributed by atoms with van der Waals surface area (Å²) in [6, 6.07) is 17.1. The Morgan fingerprint density at radius 3 is 2.23 bits per heavy atom. The number of fused-ring (bicyclic) bond motifs is 1. The molecular formula is C23H24N4O3. The fourth-order valence-electron chi connectivity index (χ4n) is 4.03. The number of carboxylic acid groups (broad SMARTS) is 1. The van der Waals surface area contributed by atoms with E-state index < -0.39 is 5.97 Å². The highest BCUT2D eigenvalue weighted by molar-refractivity contribution is 6.05. The number of carboxylic acids is 1.